The minimum absolute atomic E-state index is 0.208. The van der Waals surface area contributed by atoms with Crippen molar-refractivity contribution in [2.45, 2.75) is 25.4 Å². The van der Waals surface area contributed by atoms with E-state index in [1.807, 2.05) is 18.7 Å². The van der Waals surface area contributed by atoms with Crippen LogP contribution in [0.5, 0.6) is 0 Å². The minimum atomic E-state index is 0.208. The van der Waals surface area contributed by atoms with Gasteiger partial charge in [0.2, 0.25) is 0 Å². The topological polar surface area (TPSA) is 42.1 Å². The molecule has 2 rings (SSSR count). The predicted molar refractivity (Wildman–Crippen MR) is 72.3 cm³/mol. The number of aromatic nitrogens is 1. The van der Waals surface area contributed by atoms with Crippen molar-refractivity contribution in [3.63, 3.8) is 0 Å². The van der Waals surface area contributed by atoms with E-state index in [9.17, 15) is 0 Å². The first kappa shape index (κ1) is 12.4. The molecule has 0 saturated carbocycles. The van der Waals surface area contributed by atoms with E-state index in [1.54, 1.807) is 11.3 Å². The second kappa shape index (κ2) is 5.49. The average molecular weight is 257 g/mol. The van der Waals surface area contributed by atoms with Crippen LogP contribution in [0.15, 0.2) is 5.38 Å². The van der Waals surface area contributed by atoms with Gasteiger partial charge in [0.05, 0.1) is 10.7 Å². The molecule has 16 heavy (non-hydrogen) atoms. The Hall–Kier alpha value is -0.100. The molecule has 3 nitrogen and oxygen atoms in total. The van der Waals surface area contributed by atoms with Crippen molar-refractivity contribution in [2.24, 2.45) is 5.73 Å². The smallest absolute Gasteiger partial charge is 0.0897 e. The van der Waals surface area contributed by atoms with Gasteiger partial charge in [-0.15, -0.1) is 11.3 Å². The van der Waals surface area contributed by atoms with E-state index >= 15 is 0 Å². The van der Waals surface area contributed by atoms with E-state index in [0.717, 1.165) is 29.4 Å². The van der Waals surface area contributed by atoms with Gasteiger partial charge in [-0.1, -0.05) is 0 Å². The Kier molecular flexibility index (Phi) is 4.24. The van der Waals surface area contributed by atoms with E-state index in [0.29, 0.717) is 6.04 Å². The Labute approximate surface area is 105 Å². The molecule has 5 heteroatoms. The van der Waals surface area contributed by atoms with Crippen molar-refractivity contribution < 1.29 is 0 Å². The van der Waals surface area contributed by atoms with E-state index in [-0.39, 0.29) is 6.04 Å². The van der Waals surface area contributed by atoms with Crippen molar-refractivity contribution in [2.75, 3.05) is 25.1 Å². The molecule has 1 aliphatic heterocycles. The van der Waals surface area contributed by atoms with Gasteiger partial charge in [0.15, 0.2) is 0 Å². The lowest BCUT2D eigenvalue weighted by Gasteiger charge is -2.35. The summed E-state index contributed by atoms with van der Waals surface area (Å²) in [6.45, 7) is 3.20. The van der Waals surface area contributed by atoms with Crippen molar-refractivity contribution >= 4 is 23.1 Å². The molecule has 0 spiro atoms. The molecule has 2 N–H and O–H groups in total. The van der Waals surface area contributed by atoms with Crippen LogP contribution >= 0.6 is 23.1 Å². The first-order valence-electron chi connectivity index (χ1n) is 5.61. The van der Waals surface area contributed by atoms with Gasteiger partial charge < -0.3 is 10.6 Å². The van der Waals surface area contributed by atoms with Gasteiger partial charge in [-0.25, -0.2) is 4.98 Å². The van der Waals surface area contributed by atoms with Gasteiger partial charge in [-0.2, -0.15) is 11.8 Å². The summed E-state index contributed by atoms with van der Waals surface area (Å²) in [7, 11) is 2.18. The molecule has 1 saturated heterocycles. The fourth-order valence-electron chi connectivity index (χ4n) is 2.04. The third kappa shape index (κ3) is 2.97. The molecule has 0 aromatic carbocycles. The Morgan fingerprint density at radius 3 is 3.12 bits per heavy atom. The van der Waals surface area contributed by atoms with E-state index in [4.69, 9.17) is 5.73 Å². The summed E-state index contributed by atoms with van der Waals surface area (Å²) in [6, 6.07) is 0.708. The maximum absolute atomic E-state index is 6.29. The third-order valence-corrected chi connectivity index (χ3v) is 4.92. The summed E-state index contributed by atoms with van der Waals surface area (Å²) < 4.78 is 0. The normalized spacial score (nSPS) is 24.6. The lowest BCUT2D eigenvalue weighted by atomic mass is 10.0. The summed E-state index contributed by atoms with van der Waals surface area (Å²) in [4.78, 5) is 6.87. The van der Waals surface area contributed by atoms with Gasteiger partial charge in [-0.05, 0) is 14.0 Å². The molecule has 0 radical (unpaired) electrons. The van der Waals surface area contributed by atoms with Gasteiger partial charge in [0.1, 0.15) is 0 Å². The highest BCUT2D eigenvalue weighted by atomic mass is 32.2. The van der Waals surface area contributed by atoms with Gasteiger partial charge >= 0.3 is 0 Å². The van der Waals surface area contributed by atoms with E-state index < -0.39 is 0 Å². The average Bonchev–Trinajstić information content (AvgIpc) is 2.64. The molecule has 1 aromatic heterocycles. The molecule has 0 amide bonds. The summed E-state index contributed by atoms with van der Waals surface area (Å²) in [5, 5.41) is 3.26. The number of likely N-dealkylation sites (N-methyl/N-ethyl adjacent to an activating group) is 1. The van der Waals surface area contributed by atoms with Crippen LogP contribution in [0.4, 0.5) is 0 Å². The summed E-state index contributed by atoms with van der Waals surface area (Å²) in [5.74, 6) is 2.39. The van der Waals surface area contributed by atoms with E-state index in [1.165, 1.54) is 5.75 Å². The quantitative estimate of drug-likeness (QED) is 0.888. The maximum Gasteiger partial charge on any atom is 0.0897 e. The number of hydrogen-bond donors (Lipinski definition) is 1. The summed E-state index contributed by atoms with van der Waals surface area (Å²) in [6.07, 6.45) is 0.903. The zero-order valence-corrected chi connectivity index (χ0v) is 11.5. The van der Waals surface area contributed by atoms with Crippen LogP contribution in [0, 0.1) is 6.92 Å². The number of aryl methyl sites for hydroxylation is 1. The van der Waals surface area contributed by atoms with Crippen LogP contribution in [0.25, 0.3) is 0 Å². The summed E-state index contributed by atoms with van der Waals surface area (Å²) >= 11 is 3.72. The van der Waals surface area contributed by atoms with Crippen LogP contribution in [0.2, 0.25) is 0 Å². The van der Waals surface area contributed by atoms with E-state index in [2.05, 4.69) is 22.3 Å². The second-order valence-corrected chi connectivity index (χ2v) is 6.56. The fraction of sp³-hybridized carbons (Fsp3) is 0.727. The van der Waals surface area contributed by atoms with Gasteiger partial charge in [0.25, 0.3) is 0 Å². The molecule has 1 fully saturated rings. The fourth-order valence-corrected chi connectivity index (χ4v) is 3.99. The first-order valence-corrected chi connectivity index (χ1v) is 7.65. The number of thiazole rings is 1. The number of nitrogens with zero attached hydrogens (tertiary/aromatic N) is 2. The molecule has 0 aliphatic carbocycles. The Balaban J connectivity index is 1.93. The molecule has 1 aliphatic rings. The van der Waals surface area contributed by atoms with Crippen LogP contribution in [0.1, 0.15) is 10.7 Å². The Morgan fingerprint density at radius 2 is 2.50 bits per heavy atom. The zero-order chi connectivity index (χ0) is 11.5. The standard InChI is InChI=1S/C11H19N3S2/c1-8-13-9(6-16-8)5-10(12)11-7-15-4-3-14(11)2/h6,10-11H,3-5,7,12H2,1-2H3. The molecule has 2 atom stereocenters. The highest BCUT2D eigenvalue weighted by molar-refractivity contribution is 7.99. The second-order valence-electron chi connectivity index (χ2n) is 4.35. The molecule has 2 unspecified atom stereocenters. The monoisotopic (exact) mass is 257 g/mol. The minimum Gasteiger partial charge on any atom is -0.326 e. The highest BCUT2D eigenvalue weighted by Gasteiger charge is 2.25. The van der Waals surface area contributed by atoms with Gasteiger partial charge in [-0.3, -0.25) is 0 Å². The largest absolute Gasteiger partial charge is 0.326 e. The third-order valence-electron chi connectivity index (χ3n) is 3.05. The first-order chi connectivity index (χ1) is 7.66. The lowest BCUT2D eigenvalue weighted by Crippen LogP contribution is -2.51. The van der Waals surface area contributed by atoms with Crippen molar-refractivity contribution in [1.29, 1.82) is 0 Å². The molecular weight excluding hydrogens is 238 g/mol. The van der Waals surface area contributed by atoms with Crippen LogP contribution in [-0.4, -0.2) is 47.1 Å². The molecule has 2 heterocycles. The van der Waals surface area contributed by atoms with Crippen LogP contribution < -0.4 is 5.73 Å². The number of hydrogen-bond acceptors (Lipinski definition) is 5. The lowest BCUT2D eigenvalue weighted by molar-refractivity contribution is 0.235. The zero-order valence-electron chi connectivity index (χ0n) is 9.85. The molecule has 90 valence electrons. The highest BCUT2D eigenvalue weighted by Crippen LogP contribution is 2.19. The Morgan fingerprint density at radius 1 is 1.69 bits per heavy atom. The summed E-state index contributed by atoms with van der Waals surface area (Å²) in [5.41, 5.74) is 7.44. The van der Waals surface area contributed by atoms with Crippen molar-refractivity contribution in [3.05, 3.63) is 16.1 Å². The maximum atomic E-state index is 6.29. The Bertz CT molecular complexity index is 340. The number of thioether (sulfide) groups is 1. The number of rotatable bonds is 3. The van der Waals surface area contributed by atoms with Crippen molar-refractivity contribution in [1.82, 2.24) is 9.88 Å². The SMILES string of the molecule is Cc1nc(CC(N)C2CSCCN2C)cs1. The van der Waals surface area contributed by atoms with Crippen LogP contribution in [-0.2, 0) is 6.42 Å². The van der Waals surface area contributed by atoms with Gasteiger partial charge in [0, 0.05) is 41.9 Å². The predicted octanol–water partition coefficient (Wildman–Crippen LogP) is 1.37. The van der Waals surface area contributed by atoms with Crippen LogP contribution in [0.3, 0.4) is 0 Å². The molecule has 0 bridgehead atoms. The number of nitrogens with two attached hydrogens (primary N) is 1. The molecule has 1 aromatic rings. The molecular formula is C11H19N3S2. The van der Waals surface area contributed by atoms with Crippen molar-refractivity contribution in [3.8, 4) is 0 Å².